The second-order valence-electron chi connectivity index (χ2n) is 2.55. The number of carbonyl (C=O) groups is 1. The molecule has 1 N–H and O–H groups in total. The first-order chi connectivity index (χ1) is 5.41. The third-order valence-corrected chi connectivity index (χ3v) is 1.56. The molecule has 70 valence electrons. The van der Waals surface area contributed by atoms with Gasteiger partial charge in [0.25, 0.3) is 0 Å². The van der Waals surface area contributed by atoms with Crippen LogP contribution in [0.1, 0.15) is 6.92 Å². The van der Waals surface area contributed by atoms with Gasteiger partial charge in [-0.15, -0.1) is 0 Å². The van der Waals surface area contributed by atoms with Gasteiger partial charge in [-0.25, -0.2) is 0 Å². The van der Waals surface area contributed by atoms with E-state index in [1.54, 1.807) is 0 Å². The van der Waals surface area contributed by atoms with Crippen molar-refractivity contribution >= 4 is 5.91 Å². The van der Waals surface area contributed by atoms with Gasteiger partial charge >= 0.3 is 6.18 Å². The van der Waals surface area contributed by atoms with Crippen LogP contribution >= 0.6 is 0 Å². The Bertz CT molecular complexity index is 192. The summed E-state index contributed by atoms with van der Waals surface area (Å²) in [6, 6.07) is 0. The smallest absolute Gasteiger partial charge is 0.354 e. The van der Waals surface area contributed by atoms with Crippen LogP contribution in [-0.2, 0) is 9.53 Å². The average Bonchev–Trinajstić information content (AvgIpc) is 1.92. The van der Waals surface area contributed by atoms with E-state index in [9.17, 15) is 18.0 Å². The van der Waals surface area contributed by atoms with E-state index >= 15 is 0 Å². The summed E-state index contributed by atoms with van der Waals surface area (Å²) in [5, 5.41) is 2.10. The molecule has 3 nitrogen and oxygen atoms in total. The molecule has 1 aliphatic heterocycles. The Morgan fingerprint density at radius 1 is 1.58 bits per heavy atom. The van der Waals surface area contributed by atoms with Crippen LogP contribution in [0.5, 0.6) is 0 Å². The molecule has 1 heterocycles. The lowest BCUT2D eigenvalue weighted by molar-refractivity contribution is -0.235. The van der Waals surface area contributed by atoms with Gasteiger partial charge in [0.2, 0.25) is 5.91 Å². The number of carbonyl (C=O) groups excluding carboxylic acids is 1. The van der Waals surface area contributed by atoms with Crippen molar-refractivity contribution in [3.8, 4) is 0 Å². The predicted octanol–water partition coefficient (Wildman–Crippen LogP) is 0.452. The third-order valence-electron chi connectivity index (χ3n) is 1.56. The zero-order valence-corrected chi connectivity index (χ0v) is 6.31. The Kier molecular flexibility index (Phi) is 2.27. The summed E-state index contributed by atoms with van der Waals surface area (Å²) in [5.74, 6) is -0.504. The highest BCUT2D eigenvalue weighted by molar-refractivity contribution is 5.80. The fourth-order valence-corrected chi connectivity index (χ4v) is 0.886. The van der Waals surface area contributed by atoms with Gasteiger partial charge < -0.3 is 10.1 Å². The van der Waals surface area contributed by atoms with Crippen molar-refractivity contribution in [1.82, 2.24) is 5.32 Å². The van der Waals surface area contributed by atoms with Crippen molar-refractivity contribution in [2.75, 3.05) is 6.54 Å². The van der Waals surface area contributed by atoms with Gasteiger partial charge in [0.05, 0.1) is 6.54 Å². The van der Waals surface area contributed by atoms with Gasteiger partial charge in [-0.3, -0.25) is 4.79 Å². The first-order valence-electron chi connectivity index (χ1n) is 3.41. The molecule has 0 aromatic carbocycles. The lowest BCUT2D eigenvalue weighted by Crippen LogP contribution is -2.53. The van der Waals surface area contributed by atoms with Crippen molar-refractivity contribution in [2.24, 2.45) is 0 Å². The third kappa shape index (κ3) is 1.88. The van der Waals surface area contributed by atoms with E-state index in [0.29, 0.717) is 0 Å². The summed E-state index contributed by atoms with van der Waals surface area (Å²) in [4.78, 5) is 10.7. The summed E-state index contributed by atoms with van der Waals surface area (Å²) in [6.45, 7) is 0.792. The minimum Gasteiger partial charge on any atom is -0.354 e. The van der Waals surface area contributed by atoms with Gasteiger partial charge in [-0.1, -0.05) is 0 Å². The predicted molar refractivity (Wildman–Crippen MR) is 33.4 cm³/mol. The van der Waals surface area contributed by atoms with Crippen LogP contribution in [0.2, 0.25) is 0 Å². The Morgan fingerprint density at radius 2 is 2.17 bits per heavy atom. The highest BCUT2D eigenvalue weighted by Crippen LogP contribution is 2.25. The van der Waals surface area contributed by atoms with E-state index in [1.165, 1.54) is 6.92 Å². The second-order valence-corrected chi connectivity index (χ2v) is 2.55. The van der Waals surface area contributed by atoms with Crippen LogP contribution < -0.4 is 5.32 Å². The average molecular weight is 183 g/mol. The molecule has 2 atom stereocenters. The number of rotatable bonds is 0. The van der Waals surface area contributed by atoms with E-state index in [-0.39, 0.29) is 0 Å². The summed E-state index contributed by atoms with van der Waals surface area (Å²) in [6.07, 6.45) is -7.29. The Balaban J connectivity index is 2.57. The first-order valence-corrected chi connectivity index (χ1v) is 3.41. The number of morpholine rings is 1. The van der Waals surface area contributed by atoms with Gasteiger partial charge in [0.15, 0.2) is 6.10 Å². The van der Waals surface area contributed by atoms with Gasteiger partial charge in [0.1, 0.15) is 6.10 Å². The van der Waals surface area contributed by atoms with Crippen LogP contribution in [0.15, 0.2) is 0 Å². The van der Waals surface area contributed by atoms with Crippen LogP contribution in [0, 0.1) is 0 Å². The molecule has 0 aliphatic carbocycles. The Labute approximate surface area is 66.9 Å². The van der Waals surface area contributed by atoms with Crippen LogP contribution in [0.4, 0.5) is 13.2 Å². The number of nitrogens with one attached hydrogen (secondary N) is 1. The SMILES string of the molecule is C[C@H]1O[C@H](C(F)(F)F)CNC1=O. The first kappa shape index (κ1) is 9.31. The minimum absolute atomic E-state index is 0.493. The van der Waals surface area contributed by atoms with Crippen LogP contribution in [-0.4, -0.2) is 30.8 Å². The molecule has 1 saturated heterocycles. The van der Waals surface area contributed by atoms with Crippen molar-refractivity contribution in [3.63, 3.8) is 0 Å². The van der Waals surface area contributed by atoms with Crippen molar-refractivity contribution in [1.29, 1.82) is 0 Å². The molecule has 0 radical (unpaired) electrons. The molecule has 1 aliphatic rings. The standard InChI is InChI=1S/C6H8F3NO2/c1-3-5(11)10-2-4(12-3)6(7,8)9/h3-4H,2H2,1H3,(H,10,11)/t3-,4+/m1/s1. The normalized spacial score (nSPS) is 31.5. The molecule has 1 rings (SSSR count). The second kappa shape index (κ2) is 2.93. The summed E-state index contributed by atoms with van der Waals surface area (Å²) < 4.78 is 40.3. The lowest BCUT2D eigenvalue weighted by Gasteiger charge is -2.29. The molecular formula is C6H8F3NO2. The maximum atomic E-state index is 12.0. The van der Waals surface area contributed by atoms with E-state index in [2.05, 4.69) is 10.1 Å². The Morgan fingerprint density at radius 3 is 2.58 bits per heavy atom. The van der Waals surface area contributed by atoms with E-state index < -0.39 is 30.8 Å². The van der Waals surface area contributed by atoms with Gasteiger partial charge in [0, 0.05) is 0 Å². The maximum Gasteiger partial charge on any atom is 0.416 e. The summed E-state index contributed by atoms with van der Waals surface area (Å²) in [5.41, 5.74) is 0. The van der Waals surface area contributed by atoms with Crippen molar-refractivity contribution in [2.45, 2.75) is 25.3 Å². The number of ether oxygens (including phenoxy) is 1. The quantitative estimate of drug-likeness (QED) is 0.592. The fraction of sp³-hybridized carbons (Fsp3) is 0.833. The molecule has 0 aromatic rings. The monoisotopic (exact) mass is 183 g/mol. The molecule has 1 fully saturated rings. The molecular weight excluding hydrogens is 175 g/mol. The Hall–Kier alpha value is -0.780. The van der Waals surface area contributed by atoms with E-state index in [0.717, 1.165) is 0 Å². The number of halogens is 3. The zero-order valence-electron chi connectivity index (χ0n) is 6.31. The molecule has 0 saturated carbocycles. The van der Waals surface area contributed by atoms with Crippen LogP contribution in [0.3, 0.4) is 0 Å². The molecule has 0 spiro atoms. The largest absolute Gasteiger partial charge is 0.416 e. The van der Waals surface area contributed by atoms with Gasteiger partial charge in [-0.2, -0.15) is 13.2 Å². The maximum absolute atomic E-state index is 12.0. The van der Waals surface area contributed by atoms with Gasteiger partial charge in [-0.05, 0) is 6.92 Å². The molecule has 0 bridgehead atoms. The number of hydrogen-bond acceptors (Lipinski definition) is 2. The molecule has 0 unspecified atom stereocenters. The molecule has 1 amide bonds. The highest BCUT2D eigenvalue weighted by atomic mass is 19.4. The fourth-order valence-electron chi connectivity index (χ4n) is 0.886. The summed E-state index contributed by atoms with van der Waals surface area (Å²) >= 11 is 0. The van der Waals surface area contributed by atoms with E-state index in [4.69, 9.17) is 0 Å². The van der Waals surface area contributed by atoms with Crippen LogP contribution in [0.25, 0.3) is 0 Å². The number of hydrogen-bond donors (Lipinski definition) is 1. The highest BCUT2D eigenvalue weighted by Gasteiger charge is 2.44. The van der Waals surface area contributed by atoms with Crippen molar-refractivity contribution in [3.05, 3.63) is 0 Å². The lowest BCUT2D eigenvalue weighted by atomic mass is 10.2. The molecule has 0 aromatic heterocycles. The molecule has 6 heteroatoms. The van der Waals surface area contributed by atoms with Crippen molar-refractivity contribution < 1.29 is 22.7 Å². The number of alkyl halides is 3. The zero-order chi connectivity index (χ0) is 9.35. The minimum atomic E-state index is -4.40. The van der Waals surface area contributed by atoms with E-state index in [1.807, 2.05) is 0 Å². The molecule has 12 heavy (non-hydrogen) atoms. The number of amides is 1. The topological polar surface area (TPSA) is 38.3 Å². The summed E-state index contributed by atoms with van der Waals surface area (Å²) in [7, 11) is 0.